The maximum Gasteiger partial charge on any atom is 0.000803 e. The molecule has 0 aromatic rings. The molecule has 19 heavy (non-hydrogen) atoms. The molecule has 0 radical (unpaired) electrons. The van der Waals surface area contributed by atoms with Crippen molar-refractivity contribution in [2.45, 2.75) is 66.2 Å². The molecule has 1 aliphatic carbocycles. The number of rotatable bonds is 9. The number of nitrogens with one attached hydrogen (secondary N) is 1. The van der Waals surface area contributed by atoms with Gasteiger partial charge < -0.3 is 11.1 Å². The normalized spacial score (nSPS) is 20.4. The lowest BCUT2D eigenvalue weighted by Gasteiger charge is -2.32. The SMILES string of the molecule is CC(C)CC(CN)CNCC1(CC(C)C)CCCC1. The lowest BCUT2D eigenvalue weighted by Crippen LogP contribution is -2.37. The summed E-state index contributed by atoms with van der Waals surface area (Å²) in [6, 6.07) is 0. The highest BCUT2D eigenvalue weighted by molar-refractivity contribution is 4.87. The van der Waals surface area contributed by atoms with Crippen molar-refractivity contribution in [3.05, 3.63) is 0 Å². The lowest BCUT2D eigenvalue weighted by atomic mass is 9.78. The van der Waals surface area contributed by atoms with Crippen LogP contribution in [0.5, 0.6) is 0 Å². The van der Waals surface area contributed by atoms with Crippen molar-refractivity contribution in [3.63, 3.8) is 0 Å². The van der Waals surface area contributed by atoms with Gasteiger partial charge in [0, 0.05) is 6.54 Å². The Kier molecular flexibility index (Phi) is 7.38. The van der Waals surface area contributed by atoms with Gasteiger partial charge in [0.2, 0.25) is 0 Å². The minimum absolute atomic E-state index is 0.588. The highest BCUT2D eigenvalue weighted by Crippen LogP contribution is 2.42. The van der Waals surface area contributed by atoms with Gasteiger partial charge >= 0.3 is 0 Å². The molecule has 1 aliphatic rings. The molecule has 0 aliphatic heterocycles. The monoisotopic (exact) mass is 268 g/mol. The summed E-state index contributed by atoms with van der Waals surface area (Å²) in [7, 11) is 0. The number of hydrogen-bond donors (Lipinski definition) is 2. The van der Waals surface area contributed by atoms with Crippen LogP contribution < -0.4 is 11.1 Å². The smallest absolute Gasteiger partial charge is 0.000803 e. The van der Waals surface area contributed by atoms with E-state index in [0.717, 1.165) is 24.9 Å². The van der Waals surface area contributed by atoms with Crippen LogP contribution in [0.4, 0.5) is 0 Å². The minimum Gasteiger partial charge on any atom is -0.330 e. The van der Waals surface area contributed by atoms with E-state index in [4.69, 9.17) is 5.73 Å². The topological polar surface area (TPSA) is 38.0 Å². The van der Waals surface area contributed by atoms with E-state index in [9.17, 15) is 0 Å². The third-order valence-electron chi connectivity index (χ3n) is 4.58. The van der Waals surface area contributed by atoms with Crippen molar-refractivity contribution in [2.24, 2.45) is 28.9 Å². The molecular weight excluding hydrogens is 232 g/mol. The van der Waals surface area contributed by atoms with Gasteiger partial charge in [-0.1, -0.05) is 40.5 Å². The molecule has 1 saturated carbocycles. The average Bonchev–Trinajstić information content (AvgIpc) is 2.75. The van der Waals surface area contributed by atoms with E-state index in [1.165, 1.54) is 45.1 Å². The molecule has 2 nitrogen and oxygen atoms in total. The average molecular weight is 268 g/mol. The van der Waals surface area contributed by atoms with Crippen molar-refractivity contribution < 1.29 is 0 Å². The van der Waals surface area contributed by atoms with Crippen molar-refractivity contribution in [3.8, 4) is 0 Å². The van der Waals surface area contributed by atoms with E-state index in [1.807, 2.05) is 0 Å². The summed E-state index contributed by atoms with van der Waals surface area (Å²) in [6.07, 6.45) is 8.35. The van der Waals surface area contributed by atoms with Crippen LogP contribution in [0.2, 0.25) is 0 Å². The summed E-state index contributed by atoms with van der Waals surface area (Å²) in [5.41, 5.74) is 6.48. The Labute approximate surface area is 120 Å². The third-order valence-corrected chi connectivity index (χ3v) is 4.58. The largest absolute Gasteiger partial charge is 0.330 e. The Bertz CT molecular complexity index is 229. The fourth-order valence-corrected chi connectivity index (χ4v) is 3.92. The Balaban J connectivity index is 2.35. The zero-order valence-corrected chi connectivity index (χ0v) is 13.7. The maximum atomic E-state index is 5.89. The summed E-state index contributed by atoms with van der Waals surface area (Å²) >= 11 is 0. The van der Waals surface area contributed by atoms with Crippen LogP contribution in [0.25, 0.3) is 0 Å². The predicted octanol–water partition coefficient (Wildman–Crippen LogP) is 3.80. The molecular formula is C17H36N2. The molecule has 3 N–H and O–H groups in total. The Morgan fingerprint density at radius 2 is 1.68 bits per heavy atom. The van der Waals surface area contributed by atoms with Crippen LogP contribution in [-0.4, -0.2) is 19.6 Å². The van der Waals surface area contributed by atoms with Crippen LogP contribution in [0, 0.1) is 23.2 Å². The van der Waals surface area contributed by atoms with Gasteiger partial charge in [0.05, 0.1) is 0 Å². The van der Waals surface area contributed by atoms with Crippen molar-refractivity contribution in [2.75, 3.05) is 19.6 Å². The molecule has 1 unspecified atom stereocenters. The van der Waals surface area contributed by atoms with Gasteiger partial charge in [0.15, 0.2) is 0 Å². The van der Waals surface area contributed by atoms with E-state index >= 15 is 0 Å². The zero-order chi connectivity index (χ0) is 14.3. The summed E-state index contributed by atoms with van der Waals surface area (Å²) in [4.78, 5) is 0. The van der Waals surface area contributed by atoms with Crippen LogP contribution in [-0.2, 0) is 0 Å². The van der Waals surface area contributed by atoms with Gasteiger partial charge in [-0.25, -0.2) is 0 Å². The molecule has 0 bridgehead atoms. The molecule has 1 fully saturated rings. The van der Waals surface area contributed by atoms with Gasteiger partial charge in [-0.05, 0) is 61.9 Å². The Hall–Kier alpha value is -0.0800. The molecule has 114 valence electrons. The first-order valence-corrected chi connectivity index (χ1v) is 8.38. The molecule has 0 spiro atoms. The van der Waals surface area contributed by atoms with E-state index in [0.29, 0.717) is 11.3 Å². The second-order valence-corrected chi connectivity index (χ2v) is 7.67. The lowest BCUT2D eigenvalue weighted by molar-refractivity contribution is 0.218. The van der Waals surface area contributed by atoms with Crippen molar-refractivity contribution >= 4 is 0 Å². The second kappa shape index (κ2) is 8.26. The van der Waals surface area contributed by atoms with Crippen molar-refractivity contribution in [1.29, 1.82) is 0 Å². The Morgan fingerprint density at radius 1 is 1.05 bits per heavy atom. The first kappa shape index (κ1) is 17.0. The molecule has 0 heterocycles. The quantitative estimate of drug-likeness (QED) is 0.667. The molecule has 2 heteroatoms. The van der Waals surface area contributed by atoms with Crippen LogP contribution in [0.1, 0.15) is 66.2 Å². The highest BCUT2D eigenvalue weighted by Gasteiger charge is 2.33. The van der Waals surface area contributed by atoms with E-state index in [2.05, 4.69) is 33.0 Å². The second-order valence-electron chi connectivity index (χ2n) is 7.67. The number of nitrogens with two attached hydrogens (primary N) is 1. The first-order chi connectivity index (χ1) is 8.97. The predicted molar refractivity (Wildman–Crippen MR) is 85.2 cm³/mol. The molecule has 1 rings (SSSR count). The first-order valence-electron chi connectivity index (χ1n) is 8.38. The molecule has 0 amide bonds. The van der Waals surface area contributed by atoms with Gasteiger partial charge in [-0.3, -0.25) is 0 Å². The minimum atomic E-state index is 0.588. The molecule has 0 aromatic heterocycles. The highest BCUT2D eigenvalue weighted by atomic mass is 14.9. The van der Waals surface area contributed by atoms with E-state index < -0.39 is 0 Å². The van der Waals surface area contributed by atoms with Crippen LogP contribution in [0.3, 0.4) is 0 Å². The molecule has 0 aromatic carbocycles. The van der Waals surface area contributed by atoms with Crippen LogP contribution >= 0.6 is 0 Å². The summed E-state index contributed by atoms with van der Waals surface area (Å²) in [6.45, 7) is 12.4. The van der Waals surface area contributed by atoms with Gasteiger partial charge in [-0.15, -0.1) is 0 Å². The third kappa shape index (κ3) is 6.27. The summed E-state index contributed by atoms with van der Waals surface area (Å²) < 4.78 is 0. The van der Waals surface area contributed by atoms with Gasteiger partial charge in [0.25, 0.3) is 0 Å². The van der Waals surface area contributed by atoms with Crippen molar-refractivity contribution in [1.82, 2.24) is 5.32 Å². The fraction of sp³-hybridized carbons (Fsp3) is 1.00. The number of hydrogen-bond acceptors (Lipinski definition) is 2. The van der Waals surface area contributed by atoms with Gasteiger partial charge in [-0.2, -0.15) is 0 Å². The van der Waals surface area contributed by atoms with Crippen LogP contribution in [0.15, 0.2) is 0 Å². The van der Waals surface area contributed by atoms with E-state index in [1.54, 1.807) is 0 Å². The summed E-state index contributed by atoms with van der Waals surface area (Å²) in [5.74, 6) is 2.23. The standard InChI is InChI=1S/C17H36N2/c1-14(2)9-16(11-18)12-19-13-17(10-15(3)4)7-5-6-8-17/h14-16,19H,5-13,18H2,1-4H3. The van der Waals surface area contributed by atoms with Gasteiger partial charge in [0.1, 0.15) is 0 Å². The Morgan fingerprint density at radius 3 is 2.16 bits per heavy atom. The summed E-state index contributed by atoms with van der Waals surface area (Å²) in [5, 5.41) is 3.75. The molecule has 0 saturated heterocycles. The zero-order valence-electron chi connectivity index (χ0n) is 13.7. The molecule has 1 atom stereocenters. The fourth-order valence-electron chi connectivity index (χ4n) is 3.92. The van der Waals surface area contributed by atoms with E-state index in [-0.39, 0.29) is 0 Å². The maximum absolute atomic E-state index is 5.89.